The van der Waals surface area contributed by atoms with E-state index in [1.54, 1.807) is 30.3 Å². The zero-order valence-electron chi connectivity index (χ0n) is 9.50. The topological polar surface area (TPSA) is 87.1 Å². The Balaban J connectivity index is 1.86. The molecule has 1 aromatic heterocycles. The fourth-order valence-electron chi connectivity index (χ4n) is 1.35. The summed E-state index contributed by atoms with van der Waals surface area (Å²) in [5.74, 6) is -0.163. The normalized spacial score (nSPS) is 10.0. The van der Waals surface area contributed by atoms with Crippen molar-refractivity contribution in [2.75, 3.05) is 0 Å². The van der Waals surface area contributed by atoms with Crippen LogP contribution in [0, 0.1) is 0 Å². The number of carbonyl (C=O) groups is 1. The van der Waals surface area contributed by atoms with Crippen molar-refractivity contribution in [3.8, 4) is 5.75 Å². The molecule has 0 spiro atoms. The van der Waals surface area contributed by atoms with E-state index < -0.39 is 5.91 Å². The number of amides is 1. The van der Waals surface area contributed by atoms with Gasteiger partial charge in [0.2, 0.25) is 5.82 Å². The average Bonchev–Trinajstić information content (AvgIpc) is 2.42. The van der Waals surface area contributed by atoms with Crippen LogP contribution in [0.2, 0.25) is 0 Å². The van der Waals surface area contributed by atoms with Gasteiger partial charge < -0.3 is 5.11 Å². The summed E-state index contributed by atoms with van der Waals surface area (Å²) in [4.78, 5) is 19.2. The minimum Gasteiger partial charge on any atom is -0.508 e. The lowest BCUT2D eigenvalue weighted by molar-refractivity contribution is 0.0921. The third-order valence-corrected chi connectivity index (χ3v) is 2.24. The minimum absolute atomic E-state index is 0.0854. The number of hydrogen-bond acceptors (Lipinski definition) is 5. The van der Waals surface area contributed by atoms with E-state index in [9.17, 15) is 9.90 Å². The Morgan fingerprint density at radius 3 is 2.61 bits per heavy atom. The molecule has 2 aromatic rings. The number of nitrogens with one attached hydrogen (secondary N) is 2. The Hall–Kier alpha value is -2.47. The largest absolute Gasteiger partial charge is 0.508 e. The zero-order chi connectivity index (χ0) is 12.8. The van der Waals surface area contributed by atoms with Crippen molar-refractivity contribution in [1.82, 2.24) is 20.8 Å². The molecule has 0 saturated carbocycles. The molecule has 0 unspecified atom stereocenters. The van der Waals surface area contributed by atoms with Crippen molar-refractivity contribution in [3.63, 3.8) is 0 Å². The first-order valence-corrected chi connectivity index (χ1v) is 5.34. The number of phenolic OH excluding ortho intramolecular Hbond substituents is 1. The van der Waals surface area contributed by atoms with Crippen molar-refractivity contribution in [2.24, 2.45) is 0 Å². The van der Waals surface area contributed by atoms with Crippen LogP contribution >= 0.6 is 0 Å². The van der Waals surface area contributed by atoms with Gasteiger partial charge in [-0.2, -0.15) is 0 Å². The van der Waals surface area contributed by atoms with Gasteiger partial charge in [-0.25, -0.2) is 15.4 Å². The quantitative estimate of drug-likeness (QED) is 0.686. The number of para-hydroxylation sites is 1. The molecule has 92 valence electrons. The first-order valence-electron chi connectivity index (χ1n) is 5.34. The highest BCUT2D eigenvalue weighted by molar-refractivity contribution is 5.89. The van der Waals surface area contributed by atoms with E-state index in [-0.39, 0.29) is 11.6 Å². The molecule has 6 nitrogen and oxygen atoms in total. The summed E-state index contributed by atoms with van der Waals surface area (Å²) in [6.07, 6.45) is 2.98. The molecule has 1 amide bonds. The molecule has 0 radical (unpaired) electrons. The number of hydrazine groups is 1. The third kappa shape index (κ3) is 3.02. The van der Waals surface area contributed by atoms with E-state index >= 15 is 0 Å². The van der Waals surface area contributed by atoms with Crippen LogP contribution in [0.25, 0.3) is 0 Å². The Morgan fingerprint density at radius 1 is 1.17 bits per heavy atom. The van der Waals surface area contributed by atoms with Gasteiger partial charge in [0.15, 0.2) is 0 Å². The Labute approximate surface area is 104 Å². The molecule has 0 fully saturated rings. The first kappa shape index (κ1) is 12.0. The van der Waals surface area contributed by atoms with Crippen LogP contribution in [0.5, 0.6) is 5.75 Å². The standard InChI is InChI=1S/C12H12N4O2/c17-10-5-2-1-4-9(10)8-15-16-12(18)11-13-6-3-7-14-11/h1-7,15,17H,8H2,(H,16,18). The van der Waals surface area contributed by atoms with Gasteiger partial charge in [-0.15, -0.1) is 0 Å². The lowest BCUT2D eigenvalue weighted by Crippen LogP contribution is -2.37. The monoisotopic (exact) mass is 244 g/mol. The van der Waals surface area contributed by atoms with E-state index in [1.165, 1.54) is 12.4 Å². The summed E-state index contributed by atoms with van der Waals surface area (Å²) in [6, 6.07) is 8.51. The molecule has 6 heteroatoms. The zero-order valence-corrected chi connectivity index (χ0v) is 9.50. The van der Waals surface area contributed by atoms with Crippen molar-refractivity contribution in [1.29, 1.82) is 0 Å². The fraction of sp³-hybridized carbons (Fsp3) is 0.0833. The number of nitrogens with zero attached hydrogens (tertiary/aromatic N) is 2. The van der Waals surface area contributed by atoms with E-state index in [0.29, 0.717) is 12.1 Å². The molecule has 1 aromatic carbocycles. The molecule has 2 rings (SSSR count). The van der Waals surface area contributed by atoms with Crippen molar-refractivity contribution < 1.29 is 9.90 Å². The number of carbonyl (C=O) groups excluding carboxylic acids is 1. The minimum atomic E-state index is -0.425. The maximum atomic E-state index is 11.6. The number of benzene rings is 1. The van der Waals surface area contributed by atoms with Crippen LogP contribution < -0.4 is 10.9 Å². The predicted molar refractivity (Wildman–Crippen MR) is 64.4 cm³/mol. The summed E-state index contributed by atoms with van der Waals surface area (Å²) in [5, 5.41) is 9.52. The van der Waals surface area contributed by atoms with Gasteiger partial charge in [-0.1, -0.05) is 18.2 Å². The van der Waals surface area contributed by atoms with E-state index in [4.69, 9.17) is 0 Å². The molecule has 1 heterocycles. The number of hydrogen-bond donors (Lipinski definition) is 3. The Bertz CT molecular complexity index is 531. The SMILES string of the molecule is O=C(NNCc1ccccc1O)c1ncccn1. The number of phenols is 1. The number of aromatic nitrogens is 2. The van der Waals surface area contributed by atoms with Crippen molar-refractivity contribution >= 4 is 5.91 Å². The molecule has 3 N–H and O–H groups in total. The highest BCUT2D eigenvalue weighted by Crippen LogP contribution is 2.14. The summed E-state index contributed by atoms with van der Waals surface area (Å²) in [6.45, 7) is 0.311. The molecule has 0 aliphatic rings. The first-order chi connectivity index (χ1) is 8.77. The summed E-state index contributed by atoms with van der Waals surface area (Å²) in [7, 11) is 0. The van der Waals surface area contributed by atoms with Crippen molar-refractivity contribution in [2.45, 2.75) is 6.54 Å². The number of rotatable bonds is 4. The maximum absolute atomic E-state index is 11.6. The molecular weight excluding hydrogens is 232 g/mol. The summed E-state index contributed by atoms with van der Waals surface area (Å²) >= 11 is 0. The predicted octanol–water partition coefficient (Wildman–Crippen LogP) is 0.617. The van der Waals surface area contributed by atoms with Gasteiger partial charge in [-0.3, -0.25) is 10.2 Å². The van der Waals surface area contributed by atoms with Crippen LogP contribution in [-0.2, 0) is 6.54 Å². The van der Waals surface area contributed by atoms with Gasteiger partial charge in [0.05, 0.1) is 0 Å². The van der Waals surface area contributed by atoms with E-state index in [1.807, 2.05) is 0 Å². The molecule has 0 aliphatic heterocycles. The second kappa shape index (κ2) is 5.74. The van der Waals surface area contributed by atoms with E-state index in [0.717, 1.165) is 0 Å². The molecule has 0 aliphatic carbocycles. The van der Waals surface area contributed by atoms with Gasteiger partial charge in [0, 0.05) is 24.5 Å². The maximum Gasteiger partial charge on any atom is 0.303 e. The average molecular weight is 244 g/mol. The lowest BCUT2D eigenvalue weighted by Gasteiger charge is -2.07. The Kier molecular flexibility index (Phi) is 3.83. The van der Waals surface area contributed by atoms with Gasteiger partial charge >= 0.3 is 5.91 Å². The van der Waals surface area contributed by atoms with Gasteiger partial charge in [-0.05, 0) is 12.1 Å². The fourth-order valence-corrected chi connectivity index (χ4v) is 1.35. The van der Waals surface area contributed by atoms with E-state index in [2.05, 4.69) is 20.8 Å². The highest BCUT2D eigenvalue weighted by Gasteiger charge is 2.07. The molecular formula is C12H12N4O2. The van der Waals surface area contributed by atoms with Crippen LogP contribution in [0.1, 0.15) is 16.2 Å². The van der Waals surface area contributed by atoms with Crippen molar-refractivity contribution in [3.05, 3.63) is 54.1 Å². The summed E-state index contributed by atoms with van der Waals surface area (Å²) < 4.78 is 0. The lowest BCUT2D eigenvalue weighted by atomic mass is 10.2. The summed E-state index contributed by atoms with van der Waals surface area (Å²) in [5.41, 5.74) is 5.84. The molecule has 0 bridgehead atoms. The van der Waals surface area contributed by atoms with Crippen LogP contribution in [0.3, 0.4) is 0 Å². The smallest absolute Gasteiger partial charge is 0.303 e. The highest BCUT2D eigenvalue weighted by atomic mass is 16.3. The van der Waals surface area contributed by atoms with Gasteiger partial charge in [0.25, 0.3) is 0 Å². The second-order valence-electron chi connectivity index (χ2n) is 3.51. The van der Waals surface area contributed by atoms with Crippen LogP contribution in [0.15, 0.2) is 42.7 Å². The molecule has 0 atom stereocenters. The van der Waals surface area contributed by atoms with Crippen LogP contribution in [-0.4, -0.2) is 21.0 Å². The van der Waals surface area contributed by atoms with Crippen LogP contribution in [0.4, 0.5) is 0 Å². The number of aromatic hydroxyl groups is 1. The second-order valence-corrected chi connectivity index (χ2v) is 3.51. The molecule has 18 heavy (non-hydrogen) atoms. The molecule has 0 saturated heterocycles. The third-order valence-electron chi connectivity index (χ3n) is 2.24. The Morgan fingerprint density at radius 2 is 1.89 bits per heavy atom. The van der Waals surface area contributed by atoms with Gasteiger partial charge in [0.1, 0.15) is 5.75 Å².